The molecule has 1 aromatic carbocycles. The SMILES string of the molecule is Cc1cc(C)c(CN2CCc3c(c(C(=O)N(C)C)nn3CCC(F)(F)F)C2)cc1C. The molecule has 0 radical (unpaired) electrons. The van der Waals surface area contributed by atoms with E-state index in [9.17, 15) is 18.0 Å². The van der Waals surface area contributed by atoms with Gasteiger partial charge in [0.15, 0.2) is 5.69 Å². The van der Waals surface area contributed by atoms with E-state index in [0.717, 1.165) is 17.8 Å². The van der Waals surface area contributed by atoms with Crippen molar-refractivity contribution in [2.24, 2.45) is 0 Å². The van der Waals surface area contributed by atoms with Gasteiger partial charge in [-0.1, -0.05) is 12.1 Å². The normalized spacial score (nSPS) is 14.7. The zero-order valence-corrected chi connectivity index (χ0v) is 18.2. The van der Waals surface area contributed by atoms with Gasteiger partial charge in [0.1, 0.15) is 0 Å². The summed E-state index contributed by atoms with van der Waals surface area (Å²) in [5.74, 6) is -0.277. The van der Waals surface area contributed by atoms with Crippen molar-refractivity contribution in [3.05, 3.63) is 51.3 Å². The third-order valence-electron chi connectivity index (χ3n) is 5.78. The molecule has 1 aromatic heterocycles. The first kappa shape index (κ1) is 22.3. The first-order valence-corrected chi connectivity index (χ1v) is 10.1. The molecule has 1 aliphatic rings. The van der Waals surface area contributed by atoms with Crippen LogP contribution < -0.4 is 0 Å². The molecule has 164 valence electrons. The van der Waals surface area contributed by atoms with E-state index in [-0.39, 0.29) is 18.1 Å². The number of nitrogens with zero attached hydrogens (tertiary/aromatic N) is 4. The molecule has 0 saturated carbocycles. The standard InChI is InChI=1S/C22H29F3N4O/c1-14-10-16(3)17(11-15(14)2)12-28-8-6-19-18(13-28)20(21(30)27(4)5)26-29(19)9-7-22(23,24)25/h10-11H,6-9,12-13H2,1-5H3. The van der Waals surface area contributed by atoms with Crippen LogP contribution in [0, 0.1) is 20.8 Å². The van der Waals surface area contributed by atoms with Crippen LogP contribution >= 0.6 is 0 Å². The molecule has 0 aliphatic carbocycles. The quantitative estimate of drug-likeness (QED) is 0.731. The van der Waals surface area contributed by atoms with Gasteiger partial charge in [0.2, 0.25) is 0 Å². The van der Waals surface area contributed by atoms with E-state index in [1.54, 1.807) is 14.1 Å². The van der Waals surface area contributed by atoms with Crippen molar-refractivity contribution in [3.8, 4) is 0 Å². The molecule has 0 spiro atoms. The lowest BCUT2D eigenvalue weighted by atomic mass is 9.99. The number of rotatable bonds is 5. The highest BCUT2D eigenvalue weighted by molar-refractivity contribution is 5.93. The van der Waals surface area contributed by atoms with E-state index in [1.807, 2.05) is 0 Å². The third kappa shape index (κ3) is 4.86. The van der Waals surface area contributed by atoms with Crippen LogP contribution in [0.2, 0.25) is 0 Å². The minimum absolute atomic E-state index is 0.261. The molecule has 8 heteroatoms. The van der Waals surface area contributed by atoms with E-state index in [4.69, 9.17) is 0 Å². The van der Waals surface area contributed by atoms with Crippen LogP contribution in [0.4, 0.5) is 13.2 Å². The topological polar surface area (TPSA) is 41.4 Å². The molecule has 30 heavy (non-hydrogen) atoms. The fraction of sp³-hybridized carbons (Fsp3) is 0.545. The molecule has 1 aliphatic heterocycles. The molecule has 0 atom stereocenters. The van der Waals surface area contributed by atoms with Crippen LogP contribution in [-0.4, -0.2) is 52.3 Å². The zero-order chi connectivity index (χ0) is 22.2. The Morgan fingerprint density at radius 1 is 1.13 bits per heavy atom. The molecule has 0 bridgehead atoms. The molecule has 0 fully saturated rings. The van der Waals surface area contributed by atoms with Crippen LogP contribution in [-0.2, 0) is 26.1 Å². The fourth-order valence-electron chi connectivity index (χ4n) is 3.91. The lowest BCUT2D eigenvalue weighted by Crippen LogP contribution is -2.32. The summed E-state index contributed by atoms with van der Waals surface area (Å²) in [6.07, 6.45) is -4.64. The lowest BCUT2D eigenvalue weighted by Gasteiger charge is -2.28. The molecule has 1 amide bonds. The number of alkyl halides is 3. The van der Waals surface area contributed by atoms with E-state index >= 15 is 0 Å². The van der Waals surface area contributed by atoms with E-state index < -0.39 is 12.6 Å². The molecule has 3 rings (SSSR count). The number of amides is 1. The summed E-state index contributed by atoms with van der Waals surface area (Å²) in [6, 6.07) is 4.37. The second-order valence-electron chi connectivity index (χ2n) is 8.39. The lowest BCUT2D eigenvalue weighted by molar-refractivity contribution is -0.137. The van der Waals surface area contributed by atoms with Crippen LogP contribution in [0.3, 0.4) is 0 Å². The first-order valence-electron chi connectivity index (χ1n) is 10.1. The summed E-state index contributed by atoms with van der Waals surface area (Å²) in [4.78, 5) is 16.3. The van der Waals surface area contributed by atoms with Gasteiger partial charge in [-0.05, 0) is 43.0 Å². The first-order chi connectivity index (χ1) is 14.0. The molecule has 0 unspecified atom stereocenters. The predicted molar refractivity (Wildman–Crippen MR) is 109 cm³/mol. The smallest absolute Gasteiger partial charge is 0.343 e. The largest absolute Gasteiger partial charge is 0.390 e. The number of halogens is 3. The Kier molecular flexibility index (Phi) is 6.26. The Morgan fingerprint density at radius 2 is 1.80 bits per heavy atom. The zero-order valence-electron chi connectivity index (χ0n) is 18.2. The number of fused-ring (bicyclic) bond motifs is 1. The number of hydrogen-bond donors (Lipinski definition) is 0. The number of aromatic nitrogens is 2. The molecular weight excluding hydrogens is 393 g/mol. The third-order valence-corrected chi connectivity index (χ3v) is 5.78. The Bertz CT molecular complexity index is 947. The molecule has 2 heterocycles. The average Bonchev–Trinajstić information content (AvgIpc) is 3.01. The Labute approximate surface area is 175 Å². The van der Waals surface area contributed by atoms with Crippen LogP contribution in [0.5, 0.6) is 0 Å². The van der Waals surface area contributed by atoms with Gasteiger partial charge in [-0.25, -0.2) is 0 Å². The Morgan fingerprint density at radius 3 is 2.43 bits per heavy atom. The van der Waals surface area contributed by atoms with Gasteiger partial charge in [-0.3, -0.25) is 14.4 Å². The minimum atomic E-state index is -4.26. The highest BCUT2D eigenvalue weighted by Gasteiger charge is 2.32. The summed E-state index contributed by atoms with van der Waals surface area (Å²) in [7, 11) is 3.25. The average molecular weight is 422 g/mol. The molecule has 5 nitrogen and oxygen atoms in total. The van der Waals surface area contributed by atoms with Crippen molar-refractivity contribution in [3.63, 3.8) is 0 Å². The van der Waals surface area contributed by atoms with Crippen molar-refractivity contribution in [1.29, 1.82) is 0 Å². The number of hydrogen-bond acceptors (Lipinski definition) is 3. The number of benzene rings is 1. The highest BCUT2D eigenvalue weighted by Crippen LogP contribution is 2.28. The van der Waals surface area contributed by atoms with Crippen molar-refractivity contribution < 1.29 is 18.0 Å². The maximum Gasteiger partial charge on any atom is 0.390 e. The van der Waals surface area contributed by atoms with Crippen LogP contribution in [0.15, 0.2) is 12.1 Å². The van der Waals surface area contributed by atoms with Crippen molar-refractivity contribution >= 4 is 5.91 Å². The number of carbonyl (C=O) groups excluding carboxylic acids is 1. The van der Waals surface area contributed by atoms with Gasteiger partial charge < -0.3 is 4.90 Å². The predicted octanol–water partition coefficient (Wildman–Crippen LogP) is 4.02. The van der Waals surface area contributed by atoms with Crippen molar-refractivity contribution in [2.75, 3.05) is 20.6 Å². The number of aryl methyl sites for hydroxylation is 4. The monoisotopic (exact) mass is 422 g/mol. The fourth-order valence-corrected chi connectivity index (χ4v) is 3.91. The summed E-state index contributed by atoms with van der Waals surface area (Å²) in [5.41, 5.74) is 6.69. The van der Waals surface area contributed by atoms with Gasteiger partial charge in [0.25, 0.3) is 5.91 Å². The maximum atomic E-state index is 12.7. The highest BCUT2D eigenvalue weighted by atomic mass is 19.4. The van der Waals surface area contributed by atoms with Crippen LogP contribution in [0.1, 0.15) is 50.4 Å². The Hall–Kier alpha value is -2.35. The molecule has 0 N–H and O–H groups in total. The van der Waals surface area contributed by atoms with Gasteiger partial charge in [-0.2, -0.15) is 18.3 Å². The maximum absolute atomic E-state index is 12.7. The molecule has 2 aromatic rings. The van der Waals surface area contributed by atoms with Crippen molar-refractivity contribution in [1.82, 2.24) is 19.6 Å². The van der Waals surface area contributed by atoms with Crippen molar-refractivity contribution in [2.45, 2.75) is 59.4 Å². The Balaban J connectivity index is 1.88. The second-order valence-corrected chi connectivity index (χ2v) is 8.39. The van der Waals surface area contributed by atoms with Gasteiger partial charge in [0.05, 0.1) is 6.42 Å². The second kappa shape index (κ2) is 8.41. The summed E-state index contributed by atoms with van der Waals surface area (Å²) >= 11 is 0. The van der Waals surface area contributed by atoms with Gasteiger partial charge >= 0.3 is 6.18 Å². The molecule has 0 saturated heterocycles. The van der Waals surface area contributed by atoms with E-state index in [1.165, 1.54) is 31.8 Å². The van der Waals surface area contributed by atoms with E-state index in [0.29, 0.717) is 19.5 Å². The van der Waals surface area contributed by atoms with Gasteiger partial charge in [0, 0.05) is 58.0 Å². The summed E-state index contributed by atoms with van der Waals surface area (Å²) < 4.78 is 39.6. The summed E-state index contributed by atoms with van der Waals surface area (Å²) in [5, 5.41) is 4.30. The minimum Gasteiger partial charge on any atom is -0.343 e. The summed E-state index contributed by atoms with van der Waals surface area (Å²) in [6.45, 7) is 7.96. The van der Waals surface area contributed by atoms with E-state index in [2.05, 4.69) is 42.9 Å². The molecular formula is C22H29F3N4O. The van der Waals surface area contributed by atoms with Crippen LogP contribution in [0.25, 0.3) is 0 Å². The number of carbonyl (C=O) groups is 1. The van der Waals surface area contributed by atoms with Gasteiger partial charge in [-0.15, -0.1) is 0 Å².